The Morgan fingerprint density at radius 3 is 2.64 bits per heavy atom. The number of hydrogen-bond donors (Lipinski definition) is 1. The summed E-state index contributed by atoms with van der Waals surface area (Å²) in [6, 6.07) is 7.85. The van der Waals surface area contributed by atoms with Gasteiger partial charge in [0.15, 0.2) is 0 Å². The van der Waals surface area contributed by atoms with Gasteiger partial charge in [-0.3, -0.25) is 9.36 Å². The molecule has 2 aromatic heterocycles. The summed E-state index contributed by atoms with van der Waals surface area (Å²) >= 11 is 0. The third-order valence-corrected chi connectivity index (χ3v) is 3.87. The van der Waals surface area contributed by atoms with E-state index in [1.165, 1.54) is 10.9 Å². The zero-order chi connectivity index (χ0) is 18.1. The molecule has 0 radical (unpaired) electrons. The Morgan fingerprint density at radius 2 is 1.96 bits per heavy atom. The van der Waals surface area contributed by atoms with Gasteiger partial charge in [0.2, 0.25) is 5.91 Å². The summed E-state index contributed by atoms with van der Waals surface area (Å²) in [7, 11) is 1.59. The molecule has 0 spiro atoms. The first-order chi connectivity index (χ1) is 11.8. The van der Waals surface area contributed by atoms with Gasteiger partial charge < -0.3 is 5.32 Å². The standard InChI is InChI=1S/C17H20N6O2/c1-11-5-6-12(2)14(7-11)23-15(8-13(3)20-23)19-16(24)9-22-17(25)21(4)10-18-22/h5-8,10H,9H2,1-4H3,(H,19,24). The molecule has 0 saturated heterocycles. The average molecular weight is 340 g/mol. The summed E-state index contributed by atoms with van der Waals surface area (Å²) in [6.07, 6.45) is 1.38. The first kappa shape index (κ1) is 16.7. The van der Waals surface area contributed by atoms with Crippen LogP contribution in [-0.2, 0) is 18.4 Å². The van der Waals surface area contributed by atoms with E-state index in [1.54, 1.807) is 17.8 Å². The second-order valence-electron chi connectivity index (χ2n) is 6.10. The van der Waals surface area contributed by atoms with E-state index in [0.717, 1.165) is 27.2 Å². The van der Waals surface area contributed by atoms with E-state index in [1.807, 2.05) is 39.0 Å². The zero-order valence-corrected chi connectivity index (χ0v) is 14.6. The van der Waals surface area contributed by atoms with Crippen LogP contribution in [0.15, 0.2) is 35.4 Å². The second kappa shape index (κ2) is 6.39. The SMILES string of the molecule is Cc1ccc(C)c(-n2nc(C)cc2NC(=O)Cn2ncn(C)c2=O)c1. The molecule has 2 heterocycles. The molecular weight excluding hydrogens is 320 g/mol. The van der Waals surface area contributed by atoms with Crippen LogP contribution in [0.4, 0.5) is 5.82 Å². The maximum atomic E-state index is 12.3. The van der Waals surface area contributed by atoms with Crippen molar-refractivity contribution in [3.63, 3.8) is 0 Å². The highest BCUT2D eigenvalue weighted by Crippen LogP contribution is 2.21. The minimum absolute atomic E-state index is 0.156. The highest BCUT2D eigenvalue weighted by atomic mass is 16.2. The van der Waals surface area contributed by atoms with Crippen LogP contribution in [0.25, 0.3) is 5.69 Å². The molecule has 130 valence electrons. The van der Waals surface area contributed by atoms with Crippen LogP contribution in [0, 0.1) is 20.8 Å². The van der Waals surface area contributed by atoms with E-state index in [4.69, 9.17) is 0 Å². The van der Waals surface area contributed by atoms with Crippen molar-refractivity contribution in [2.45, 2.75) is 27.3 Å². The number of carbonyl (C=O) groups excluding carboxylic acids is 1. The fourth-order valence-electron chi connectivity index (χ4n) is 2.57. The van der Waals surface area contributed by atoms with Gasteiger partial charge in [-0.05, 0) is 38.0 Å². The number of carbonyl (C=O) groups is 1. The van der Waals surface area contributed by atoms with Crippen molar-refractivity contribution in [1.29, 1.82) is 0 Å². The lowest BCUT2D eigenvalue weighted by molar-refractivity contribution is -0.117. The number of amides is 1. The Hall–Kier alpha value is -3.16. The minimum atomic E-state index is -0.341. The highest BCUT2D eigenvalue weighted by Gasteiger charge is 2.14. The second-order valence-corrected chi connectivity index (χ2v) is 6.10. The predicted molar refractivity (Wildman–Crippen MR) is 93.9 cm³/mol. The van der Waals surface area contributed by atoms with Gasteiger partial charge in [-0.25, -0.2) is 14.2 Å². The van der Waals surface area contributed by atoms with E-state index in [0.29, 0.717) is 5.82 Å². The molecule has 0 bridgehead atoms. The first-order valence-electron chi connectivity index (χ1n) is 7.88. The van der Waals surface area contributed by atoms with E-state index < -0.39 is 0 Å². The van der Waals surface area contributed by atoms with Crippen LogP contribution in [0.3, 0.4) is 0 Å². The summed E-state index contributed by atoms with van der Waals surface area (Å²) in [6.45, 7) is 5.70. The molecule has 0 saturated carbocycles. The van der Waals surface area contributed by atoms with Gasteiger partial charge in [-0.1, -0.05) is 12.1 Å². The molecule has 0 aliphatic carbocycles. The first-order valence-corrected chi connectivity index (χ1v) is 7.88. The number of aromatic nitrogens is 5. The van der Waals surface area contributed by atoms with Crippen LogP contribution >= 0.6 is 0 Å². The minimum Gasteiger partial charge on any atom is -0.309 e. The lowest BCUT2D eigenvalue weighted by Gasteiger charge is -2.12. The Morgan fingerprint density at radius 1 is 1.20 bits per heavy atom. The van der Waals surface area contributed by atoms with Crippen molar-refractivity contribution in [3.05, 3.63) is 57.9 Å². The van der Waals surface area contributed by atoms with Crippen LogP contribution < -0.4 is 11.0 Å². The number of hydrogen-bond acceptors (Lipinski definition) is 4. The lowest BCUT2D eigenvalue weighted by atomic mass is 10.1. The molecule has 0 aliphatic heterocycles. The molecular formula is C17H20N6O2. The zero-order valence-electron chi connectivity index (χ0n) is 14.6. The molecule has 0 atom stereocenters. The molecule has 0 fully saturated rings. The van der Waals surface area contributed by atoms with Crippen LogP contribution in [0.5, 0.6) is 0 Å². The molecule has 3 rings (SSSR count). The number of aryl methyl sites for hydroxylation is 4. The molecule has 8 nitrogen and oxygen atoms in total. The van der Waals surface area contributed by atoms with E-state index >= 15 is 0 Å². The topological polar surface area (TPSA) is 86.7 Å². The molecule has 0 unspecified atom stereocenters. The van der Waals surface area contributed by atoms with Crippen molar-refractivity contribution in [1.82, 2.24) is 24.1 Å². The monoisotopic (exact) mass is 340 g/mol. The summed E-state index contributed by atoms with van der Waals surface area (Å²) in [5, 5.41) is 11.2. The fourth-order valence-corrected chi connectivity index (χ4v) is 2.57. The maximum absolute atomic E-state index is 12.3. The third-order valence-electron chi connectivity index (χ3n) is 3.87. The van der Waals surface area contributed by atoms with Crippen molar-refractivity contribution < 1.29 is 4.79 Å². The smallest absolute Gasteiger partial charge is 0.309 e. The van der Waals surface area contributed by atoms with Gasteiger partial charge in [0.1, 0.15) is 18.7 Å². The molecule has 0 aliphatic rings. The highest BCUT2D eigenvalue weighted by molar-refractivity contribution is 5.90. The van der Waals surface area contributed by atoms with Crippen LogP contribution in [0.2, 0.25) is 0 Å². The Balaban J connectivity index is 1.88. The third kappa shape index (κ3) is 3.37. The van der Waals surface area contributed by atoms with E-state index in [-0.39, 0.29) is 18.1 Å². The quantitative estimate of drug-likeness (QED) is 0.776. The molecule has 8 heteroatoms. The van der Waals surface area contributed by atoms with E-state index in [2.05, 4.69) is 15.5 Å². The number of anilines is 1. The fraction of sp³-hybridized carbons (Fsp3) is 0.294. The average Bonchev–Trinajstić information content (AvgIpc) is 3.06. The molecule has 1 amide bonds. The lowest BCUT2D eigenvalue weighted by Crippen LogP contribution is -2.29. The molecule has 3 aromatic rings. The van der Waals surface area contributed by atoms with Gasteiger partial charge in [0.25, 0.3) is 0 Å². The number of rotatable bonds is 4. The Bertz CT molecular complexity index is 995. The molecule has 25 heavy (non-hydrogen) atoms. The number of nitrogens with zero attached hydrogens (tertiary/aromatic N) is 5. The number of benzene rings is 1. The summed E-state index contributed by atoms with van der Waals surface area (Å²) in [5.74, 6) is 0.215. The summed E-state index contributed by atoms with van der Waals surface area (Å²) in [5.41, 5.74) is 3.50. The van der Waals surface area contributed by atoms with Crippen molar-refractivity contribution in [2.75, 3.05) is 5.32 Å². The summed E-state index contributed by atoms with van der Waals surface area (Å²) < 4.78 is 4.13. The van der Waals surface area contributed by atoms with Crippen molar-refractivity contribution in [3.8, 4) is 5.69 Å². The van der Waals surface area contributed by atoms with Crippen LogP contribution in [-0.4, -0.2) is 30.0 Å². The van der Waals surface area contributed by atoms with Gasteiger partial charge in [0, 0.05) is 13.1 Å². The van der Waals surface area contributed by atoms with Gasteiger partial charge in [0.05, 0.1) is 11.4 Å². The normalized spacial score (nSPS) is 10.9. The van der Waals surface area contributed by atoms with E-state index in [9.17, 15) is 9.59 Å². The Kier molecular flexibility index (Phi) is 4.26. The van der Waals surface area contributed by atoms with Gasteiger partial charge >= 0.3 is 5.69 Å². The molecule has 1 aromatic carbocycles. The molecule has 1 N–H and O–H groups in total. The largest absolute Gasteiger partial charge is 0.345 e. The van der Waals surface area contributed by atoms with Gasteiger partial charge in [-0.15, -0.1) is 0 Å². The summed E-state index contributed by atoms with van der Waals surface area (Å²) in [4.78, 5) is 24.1. The van der Waals surface area contributed by atoms with Crippen molar-refractivity contribution >= 4 is 11.7 Å². The van der Waals surface area contributed by atoms with Crippen molar-refractivity contribution in [2.24, 2.45) is 7.05 Å². The van der Waals surface area contributed by atoms with Crippen LogP contribution in [0.1, 0.15) is 16.8 Å². The number of nitrogens with one attached hydrogen (secondary N) is 1. The maximum Gasteiger partial charge on any atom is 0.345 e. The van der Waals surface area contributed by atoms with Gasteiger partial charge in [-0.2, -0.15) is 10.2 Å². The predicted octanol–water partition coefficient (Wildman–Crippen LogP) is 1.33. The Labute approximate surface area is 144 Å².